The van der Waals surface area contributed by atoms with Crippen molar-refractivity contribution in [3.05, 3.63) is 77.3 Å². The Hall–Kier alpha value is -2.84. The molecule has 2 N–H and O–H groups in total. The van der Waals surface area contributed by atoms with E-state index in [1.807, 2.05) is 12.1 Å². The molecule has 0 aliphatic rings. The van der Waals surface area contributed by atoms with Crippen molar-refractivity contribution in [2.75, 3.05) is 5.75 Å². The first-order valence-corrected chi connectivity index (χ1v) is 9.16. The number of rotatable bonds is 5. The molecule has 27 heavy (non-hydrogen) atoms. The molecule has 1 aromatic heterocycles. The van der Waals surface area contributed by atoms with Crippen molar-refractivity contribution >= 4 is 35.2 Å². The first-order chi connectivity index (χ1) is 13.0. The van der Waals surface area contributed by atoms with Crippen LogP contribution in [0.3, 0.4) is 0 Å². The van der Waals surface area contributed by atoms with Gasteiger partial charge in [0.25, 0.3) is 5.91 Å². The summed E-state index contributed by atoms with van der Waals surface area (Å²) in [5.41, 5.74) is 5.66. The van der Waals surface area contributed by atoms with Crippen LogP contribution in [0.5, 0.6) is 0 Å². The third kappa shape index (κ3) is 5.08. The van der Waals surface area contributed by atoms with Crippen LogP contribution in [0.1, 0.15) is 10.4 Å². The van der Waals surface area contributed by atoms with Crippen LogP contribution in [0, 0.1) is 5.82 Å². The normalized spacial score (nSPS) is 10.4. The minimum Gasteiger partial charge on any atom is -0.295 e. The largest absolute Gasteiger partial charge is 0.295 e. The summed E-state index contributed by atoms with van der Waals surface area (Å²) in [7, 11) is 0. The van der Waals surface area contributed by atoms with E-state index >= 15 is 0 Å². The number of halogens is 2. The van der Waals surface area contributed by atoms with Gasteiger partial charge in [-0.2, -0.15) is 0 Å². The summed E-state index contributed by atoms with van der Waals surface area (Å²) in [5.74, 6) is -1.34. The highest BCUT2D eigenvalue weighted by Gasteiger charge is 2.11. The average molecular weight is 405 g/mol. The number of thioether (sulfide) groups is 1. The lowest BCUT2D eigenvalue weighted by Crippen LogP contribution is -2.42. The molecule has 0 fully saturated rings. The first kappa shape index (κ1) is 18.9. The third-order valence-electron chi connectivity index (χ3n) is 3.45. The van der Waals surface area contributed by atoms with E-state index in [9.17, 15) is 14.0 Å². The quantitative estimate of drug-likeness (QED) is 0.505. The van der Waals surface area contributed by atoms with E-state index in [0.29, 0.717) is 10.2 Å². The van der Waals surface area contributed by atoms with Crippen LogP contribution < -0.4 is 10.9 Å². The summed E-state index contributed by atoms with van der Waals surface area (Å²) in [6.07, 6.45) is 3.39. The number of carbonyl (C=O) groups excluding carboxylic acids is 2. The Morgan fingerprint density at radius 3 is 2.67 bits per heavy atom. The van der Waals surface area contributed by atoms with E-state index < -0.39 is 17.6 Å². The van der Waals surface area contributed by atoms with Crippen molar-refractivity contribution in [1.29, 1.82) is 0 Å². The standard InChI is InChI=1S/C18H14ClFN4O2S/c19-13-2-1-3-15(10-13)24-9-8-21-18(24)27-11-16(25)22-23-17(26)12-4-6-14(20)7-5-12/h1-10H,11H2,(H,22,25)(H,23,26). The van der Waals surface area contributed by atoms with E-state index in [0.717, 1.165) is 5.69 Å². The molecule has 0 saturated heterocycles. The highest BCUT2D eigenvalue weighted by Crippen LogP contribution is 2.22. The Morgan fingerprint density at radius 2 is 1.93 bits per heavy atom. The molecule has 0 aliphatic carbocycles. The zero-order valence-corrected chi connectivity index (χ0v) is 15.4. The molecule has 2 aromatic carbocycles. The lowest BCUT2D eigenvalue weighted by Gasteiger charge is -2.09. The van der Waals surface area contributed by atoms with Crippen molar-refractivity contribution in [3.8, 4) is 5.69 Å². The summed E-state index contributed by atoms with van der Waals surface area (Å²) in [5, 5.41) is 1.20. The number of imidazole rings is 1. The monoisotopic (exact) mass is 404 g/mol. The number of aromatic nitrogens is 2. The van der Waals surface area contributed by atoms with Gasteiger partial charge >= 0.3 is 0 Å². The Morgan fingerprint density at radius 1 is 1.15 bits per heavy atom. The van der Waals surface area contributed by atoms with Gasteiger partial charge in [0.05, 0.1) is 5.75 Å². The summed E-state index contributed by atoms with van der Waals surface area (Å²) in [4.78, 5) is 28.1. The predicted molar refractivity (Wildman–Crippen MR) is 101 cm³/mol. The lowest BCUT2D eigenvalue weighted by molar-refractivity contribution is -0.119. The molecule has 3 rings (SSSR count). The van der Waals surface area contributed by atoms with Gasteiger partial charge in [-0.05, 0) is 42.5 Å². The highest BCUT2D eigenvalue weighted by molar-refractivity contribution is 7.99. The van der Waals surface area contributed by atoms with Crippen molar-refractivity contribution in [2.45, 2.75) is 5.16 Å². The van der Waals surface area contributed by atoms with E-state index in [-0.39, 0.29) is 11.3 Å². The van der Waals surface area contributed by atoms with Gasteiger partial charge in [-0.1, -0.05) is 29.4 Å². The number of hydrazine groups is 1. The number of benzene rings is 2. The highest BCUT2D eigenvalue weighted by atomic mass is 35.5. The molecule has 0 unspecified atom stereocenters. The van der Waals surface area contributed by atoms with Crippen LogP contribution in [0.15, 0.2) is 66.1 Å². The molecule has 0 atom stereocenters. The van der Waals surface area contributed by atoms with Gasteiger partial charge < -0.3 is 0 Å². The molecule has 6 nitrogen and oxygen atoms in total. The van der Waals surface area contributed by atoms with Crippen LogP contribution in [0.25, 0.3) is 5.69 Å². The molecule has 0 aliphatic heterocycles. The second-order valence-electron chi connectivity index (χ2n) is 5.36. The number of nitrogens with one attached hydrogen (secondary N) is 2. The molecular formula is C18H14ClFN4O2S. The Labute approximate surface area is 163 Å². The van der Waals surface area contributed by atoms with Gasteiger partial charge in [-0.25, -0.2) is 9.37 Å². The first-order valence-electron chi connectivity index (χ1n) is 7.80. The fourth-order valence-corrected chi connectivity index (χ4v) is 3.14. The molecule has 138 valence electrons. The molecule has 0 spiro atoms. The fraction of sp³-hybridized carbons (Fsp3) is 0.0556. The zero-order valence-electron chi connectivity index (χ0n) is 13.9. The smallest absolute Gasteiger partial charge is 0.269 e. The van der Waals surface area contributed by atoms with Gasteiger partial charge in [-0.3, -0.25) is 25.0 Å². The van der Waals surface area contributed by atoms with Crippen LogP contribution in [0.4, 0.5) is 4.39 Å². The van der Waals surface area contributed by atoms with Crippen molar-refractivity contribution in [3.63, 3.8) is 0 Å². The Balaban J connectivity index is 1.53. The lowest BCUT2D eigenvalue weighted by atomic mass is 10.2. The number of carbonyl (C=O) groups is 2. The minimum atomic E-state index is -0.534. The van der Waals surface area contributed by atoms with E-state index in [4.69, 9.17) is 11.6 Å². The fourth-order valence-electron chi connectivity index (χ4n) is 2.19. The third-order valence-corrected chi connectivity index (χ3v) is 4.65. The number of hydrogen-bond acceptors (Lipinski definition) is 4. The SMILES string of the molecule is O=C(CSc1nccn1-c1cccc(Cl)c1)NNC(=O)c1ccc(F)cc1. The summed E-state index contributed by atoms with van der Waals surface area (Å²) in [6.45, 7) is 0. The second-order valence-corrected chi connectivity index (χ2v) is 6.74. The van der Waals surface area contributed by atoms with Gasteiger partial charge in [0.15, 0.2) is 5.16 Å². The maximum atomic E-state index is 12.9. The molecule has 0 bridgehead atoms. The maximum Gasteiger partial charge on any atom is 0.269 e. The molecule has 3 aromatic rings. The number of hydrogen-bond donors (Lipinski definition) is 2. The van der Waals surface area contributed by atoms with Crippen molar-refractivity contribution in [1.82, 2.24) is 20.4 Å². The molecule has 9 heteroatoms. The van der Waals surface area contributed by atoms with Crippen molar-refractivity contribution in [2.24, 2.45) is 0 Å². The van der Waals surface area contributed by atoms with Crippen LogP contribution >= 0.6 is 23.4 Å². The topological polar surface area (TPSA) is 76.0 Å². The minimum absolute atomic E-state index is 0.0429. The van der Waals surface area contributed by atoms with Crippen LogP contribution in [0.2, 0.25) is 5.02 Å². The molecule has 0 radical (unpaired) electrons. The number of nitrogens with zero attached hydrogens (tertiary/aromatic N) is 2. The van der Waals surface area contributed by atoms with Crippen LogP contribution in [-0.2, 0) is 4.79 Å². The van der Waals surface area contributed by atoms with E-state index in [1.165, 1.54) is 36.0 Å². The van der Waals surface area contributed by atoms with Gasteiger partial charge in [-0.15, -0.1) is 0 Å². The van der Waals surface area contributed by atoms with E-state index in [2.05, 4.69) is 15.8 Å². The Kier molecular flexibility index (Phi) is 6.10. The number of amides is 2. The zero-order chi connectivity index (χ0) is 19.2. The summed E-state index contributed by atoms with van der Waals surface area (Å²) < 4.78 is 14.7. The van der Waals surface area contributed by atoms with Crippen molar-refractivity contribution < 1.29 is 14.0 Å². The van der Waals surface area contributed by atoms with Crippen LogP contribution in [-0.4, -0.2) is 27.1 Å². The van der Waals surface area contributed by atoms with E-state index in [1.54, 1.807) is 29.1 Å². The molecule has 1 heterocycles. The van der Waals surface area contributed by atoms with Gasteiger partial charge in [0.1, 0.15) is 5.82 Å². The Bertz CT molecular complexity index is 962. The second kappa shape index (κ2) is 8.70. The van der Waals surface area contributed by atoms with Gasteiger partial charge in [0, 0.05) is 28.7 Å². The summed E-state index contributed by atoms with van der Waals surface area (Å²) in [6, 6.07) is 12.2. The maximum absolute atomic E-state index is 12.9. The molecule has 0 saturated carbocycles. The van der Waals surface area contributed by atoms with Gasteiger partial charge in [0.2, 0.25) is 5.91 Å². The summed E-state index contributed by atoms with van der Waals surface area (Å²) >= 11 is 7.21. The average Bonchev–Trinajstić information content (AvgIpc) is 3.13. The predicted octanol–water partition coefficient (Wildman–Crippen LogP) is 3.22. The molecule has 2 amide bonds. The molecular weight excluding hydrogens is 391 g/mol.